The normalized spacial score (nSPS) is 15.7. The van der Waals surface area contributed by atoms with Gasteiger partial charge in [0.15, 0.2) is 5.69 Å². The maximum atomic E-state index is 13.5. The van der Waals surface area contributed by atoms with Crippen molar-refractivity contribution >= 4 is 22.5 Å². The zero-order chi connectivity index (χ0) is 23.0. The lowest BCUT2D eigenvalue weighted by molar-refractivity contribution is 0.0115. The first kappa shape index (κ1) is 21.1. The van der Waals surface area contributed by atoms with Crippen LogP contribution in [0.15, 0.2) is 55.0 Å². The molecule has 33 heavy (non-hydrogen) atoms. The molecule has 0 aliphatic carbocycles. The Labute approximate surface area is 188 Å². The van der Waals surface area contributed by atoms with E-state index in [-0.39, 0.29) is 24.6 Å². The van der Waals surface area contributed by atoms with Gasteiger partial charge in [-0.1, -0.05) is 6.07 Å². The van der Waals surface area contributed by atoms with Crippen LogP contribution in [0.4, 0.5) is 14.5 Å². The number of carbonyl (C=O) groups excluding carboxylic acids is 1. The molecule has 0 radical (unpaired) electrons. The Balaban J connectivity index is 1.39. The van der Waals surface area contributed by atoms with Crippen molar-refractivity contribution in [3.63, 3.8) is 0 Å². The van der Waals surface area contributed by atoms with Gasteiger partial charge in [-0.3, -0.25) is 24.8 Å². The Kier molecular flexibility index (Phi) is 5.33. The van der Waals surface area contributed by atoms with Gasteiger partial charge in [-0.25, -0.2) is 8.78 Å². The Morgan fingerprint density at radius 2 is 2.03 bits per heavy atom. The van der Waals surface area contributed by atoms with Crippen molar-refractivity contribution in [2.75, 3.05) is 18.4 Å². The van der Waals surface area contributed by atoms with E-state index < -0.39 is 5.92 Å². The predicted octanol–water partition coefficient (Wildman–Crippen LogP) is 4.42. The van der Waals surface area contributed by atoms with Crippen molar-refractivity contribution in [3.05, 3.63) is 71.9 Å². The number of amides is 1. The second-order valence-corrected chi connectivity index (χ2v) is 8.37. The van der Waals surface area contributed by atoms with Crippen LogP contribution in [0.1, 0.15) is 28.2 Å². The largest absolute Gasteiger partial charge is 0.319 e. The average Bonchev–Trinajstić information content (AvgIpc) is 3.37. The van der Waals surface area contributed by atoms with Gasteiger partial charge < -0.3 is 5.32 Å². The number of halogens is 2. The van der Waals surface area contributed by atoms with Crippen molar-refractivity contribution in [2.45, 2.75) is 25.8 Å². The SMILES string of the molecule is Cc1ccc(NC(=O)c2n[nH]c3ccc(-c4cncc(CN5CCC(F)(F)C5)c4)cc23)cn1. The Morgan fingerprint density at radius 1 is 1.15 bits per heavy atom. The first-order valence-corrected chi connectivity index (χ1v) is 10.6. The third kappa shape index (κ3) is 4.58. The summed E-state index contributed by atoms with van der Waals surface area (Å²) in [7, 11) is 0. The van der Waals surface area contributed by atoms with E-state index in [2.05, 4.69) is 25.5 Å². The highest BCUT2D eigenvalue weighted by Gasteiger charge is 2.37. The highest BCUT2D eigenvalue weighted by Crippen LogP contribution is 2.29. The van der Waals surface area contributed by atoms with Gasteiger partial charge >= 0.3 is 0 Å². The number of aromatic amines is 1. The number of aromatic nitrogens is 4. The number of rotatable bonds is 5. The number of carbonyl (C=O) groups is 1. The number of nitrogens with zero attached hydrogens (tertiary/aromatic N) is 4. The van der Waals surface area contributed by atoms with Crippen LogP contribution in [0, 0.1) is 6.92 Å². The number of benzene rings is 1. The van der Waals surface area contributed by atoms with E-state index in [4.69, 9.17) is 0 Å². The number of hydrogen-bond donors (Lipinski definition) is 2. The van der Waals surface area contributed by atoms with Crippen LogP contribution in [0.3, 0.4) is 0 Å². The molecule has 7 nitrogen and oxygen atoms in total. The van der Waals surface area contributed by atoms with Crippen molar-refractivity contribution in [1.29, 1.82) is 0 Å². The molecular formula is C24H22F2N6O. The second kappa shape index (κ2) is 8.32. The maximum absolute atomic E-state index is 13.5. The molecule has 0 spiro atoms. The quantitative estimate of drug-likeness (QED) is 0.472. The molecule has 1 aliphatic rings. The van der Waals surface area contributed by atoms with E-state index in [9.17, 15) is 13.6 Å². The Morgan fingerprint density at radius 3 is 2.79 bits per heavy atom. The van der Waals surface area contributed by atoms with E-state index in [0.717, 1.165) is 27.9 Å². The zero-order valence-electron chi connectivity index (χ0n) is 18.0. The van der Waals surface area contributed by atoms with Crippen molar-refractivity contribution < 1.29 is 13.6 Å². The van der Waals surface area contributed by atoms with Crippen LogP contribution in [0.25, 0.3) is 22.0 Å². The minimum Gasteiger partial charge on any atom is -0.319 e. The number of nitrogens with one attached hydrogen (secondary N) is 2. The highest BCUT2D eigenvalue weighted by atomic mass is 19.3. The van der Waals surface area contributed by atoms with Crippen LogP contribution in [-0.4, -0.2) is 50.0 Å². The average molecular weight is 448 g/mol. The number of hydrogen-bond acceptors (Lipinski definition) is 5. The first-order valence-electron chi connectivity index (χ1n) is 10.6. The van der Waals surface area contributed by atoms with Crippen LogP contribution in [0.2, 0.25) is 0 Å². The van der Waals surface area contributed by atoms with Crippen LogP contribution in [0.5, 0.6) is 0 Å². The molecule has 0 atom stereocenters. The molecule has 0 bridgehead atoms. The maximum Gasteiger partial charge on any atom is 0.276 e. The first-order chi connectivity index (χ1) is 15.9. The predicted molar refractivity (Wildman–Crippen MR) is 121 cm³/mol. The molecule has 5 rings (SSSR count). The molecule has 2 N–H and O–H groups in total. The number of likely N-dealkylation sites (tertiary alicyclic amines) is 1. The number of pyridine rings is 2. The van der Waals surface area contributed by atoms with Crippen LogP contribution >= 0.6 is 0 Å². The summed E-state index contributed by atoms with van der Waals surface area (Å²) in [5, 5.41) is 10.6. The fourth-order valence-electron chi connectivity index (χ4n) is 4.03. The molecule has 1 saturated heterocycles. The second-order valence-electron chi connectivity index (χ2n) is 8.37. The molecule has 0 saturated carbocycles. The monoisotopic (exact) mass is 448 g/mol. The summed E-state index contributed by atoms with van der Waals surface area (Å²) in [6.07, 6.45) is 4.91. The lowest BCUT2D eigenvalue weighted by Crippen LogP contribution is -2.24. The number of anilines is 1. The molecule has 1 aliphatic heterocycles. The van der Waals surface area contributed by atoms with Gasteiger partial charge in [-0.05, 0) is 48.4 Å². The van der Waals surface area contributed by atoms with Gasteiger partial charge in [0.2, 0.25) is 0 Å². The standard InChI is InChI=1S/C24H22F2N6O/c1-15-2-4-19(12-28-15)29-23(33)22-20-9-17(3-5-21(20)30-31-22)18-8-16(10-27-11-18)13-32-7-6-24(25,26)14-32/h2-5,8-12H,6-7,13-14H2,1H3,(H,29,33)(H,30,31). The summed E-state index contributed by atoms with van der Waals surface area (Å²) < 4.78 is 27.0. The third-order valence-corrected chi connectivity index (χ3v) is 5.73. The number of H-pyrrole nitrogens is 1. The molecule has 0 unspecified atom stereocenters. The lowest BCUT2D eigenvalue weighted by atomic mass is 10.0. The number of fused-ring (bicyclic) bond motifs is 1. The molecule has 1 aromatic carbocycles. The number of aryl methyl sites for hydroxylation is 1. The molecule has 4 aromatic rings. The summed E-state index contributed by atoms with van der Waals surface area (Å²) in [6.45, 7) is 2.43. The topological polar surface area (TPSA) is 86.8 Å². The fraction of sp³-hybridized carbons (Fsp3) is 0.250. The van der Waals surface area contributed by atoms with Crippen molar-refractivity contribution in [1.82, 2.24) is 25.1 Å². The summed E-state index contributed by atoms with van der Waals surface area (Å²) in [4.78, 5) is 23.1. The smallest absolute Gasteiger partial charge is 0.276 e. The van der Waals surface area contributed by atoms with Gasteiger partial charge in [-0.2, -0.15) is 5.10 Å². The third-order valence-electron chi connectivity index (χ3n) is 5.73. The van der Waals surface area contributed by atoms with Gasteiger partial charge in [0, 0.05) is 48.5 Å². The molecule has 3 aromatic heterocycles. The molecule has 1 amide bonds. The molecule has 1 fully saturated rings. The van der Waals surface area contributed by atoms with Gasteiger partial charge in [0.1, 0.15) is 0 Å². The zero-order valence-corrected chi connectivity index (χ0v) is 18.0. The van der Waals surface area contributed by atoms with Crippen LogP contribution in [-0.2, 0) is 6.54 Å². The lowest BCUT2D eigenvalue weighted by Gasteiger charge is -2.15. The van der Waals surface area contributed by atoms with E-state index >= 15 is 0 Å². The summed E-state index contributed by atoms with van der Waals surface area (Å²) >= 11 is 0. The van der Waals surface area contributed by atoms with Gasteiger partial charge in [0.05, 0.1) is 23.9 Å². The highest BCUT2D eigenvalue weighted by molar-refractivity contribution is 6.11. The molecule has 9 heteroatoms. The minimum atomic E-state index is -2.62. The van der Waals surface area contributed by atoms with Crippen molar-refractivity contribution in [3.8, 4) is 11.1 Å². The molecule has 168 valence electrons. The van der Waals surface area contributed by atoms with Gasteiger partial charge in [0.25, 0.3) is 11.8 Å². The van der Waals surface area contributed by atoms with E-state index in [1.807, 2.05) is 37.3 Å². The van der Waals surface area contributed by atoms with Gasteiger partial charge in [-0.15, -0.1) is 0 Å². The molecule has 4 heterocycles. The van der Waals surface area contributed by atoms with E-state index in [1.54, 1.807) is 29.6 Å². The Hall–Kier alpha value is -3.72. The fourth-order valence-corrected chi connectivity index (χ4v) is 4.03. The summed E-state index contributed by atoms with van der Waals surface area (Å²) in [5.74, 6) is -2.96. The molecular weight excluding hydrogens is 426 g/mol. The Bertz CT molecular complexity index is 1320. The van der Waals surface area contributed by atoms with Crippen LogP contribution < -0.4 is 5.32 Å². The summed E-state index contributed by atoms with van der Waals surface area (Å²) in [6, 6.07) is 11.2. The van der Waals surface area contributed by atoms with E-state index in [0.29, 0.717) is 24.2 Å². The number of alkyl halides is 2. The summed E-state index contributed by atoms with van der Waals surface area (Å²) in [5.41, 5.74) is 5.01. The van der Waals surface area contributed by atoms with Crippen molar-refractivity contribution in [2.24, 2.45) is 0 Å². The minimum absolute atomic E-state index is 0.110. The van der Waals surface area contributed by atoms with E-state index in [1.165, 1.54) is 0 Å².